The summed E-state index contributed by atoms with van der Waals surface area (Å²) in [4.78, 5) is 29.8. The van der Waals surface area contributed by atoms with Crippen LogP contribution < -0.4 is 9.47 Å². The van der Waals surface area contributed by atoms with E-state index in [4.69, 9.17) is 9.47 Å². The molecule has 1 aliphatic heterocycles. The van der Waals surface area contributed by atoms with Crippen molar-refractivity contribution in [1.29, 1.82) is 0 Å². The zero-order chi connectivity index (χ0) is 22.5. The summed E-state index contributed by atoms with van der Waals surface area (Å²) >= 11 is 0. The molecule has 0 fully saturated rings. The average molecular weight is 425 g/mol. The summed E-state index contributed by atoms with van der Waals surface area (Å²) in [5.41, 5.74) is 3.93. The largest absolute Gasteiger partial charge is 0.493 e. The van der Waals surface area contributed by atoms with Gasteiger partial charge in [-0.3, -0.25) is 9.59 Å². The molecule has 1 atom stereocenters. The minimum atomic E-state index is -0.105. The molecule has 31 heavy (non-hydrogen) atoms. The Morgan fingerprint density at radius 3 is 2.35 bits per heavy atom. The quantitative estimate of drug-likeness (QED) is 0.674. The SMILES string of the molecule is CCCN(CC(=O)N1CCc2cc(OC)c(OC)cc2C1C)C(=O)c1ccc(C)cc1. The molecule has 6 nitrogen and oxygen atoms in total. The highest BCUT2D eigenvalue weighted by molar-refractivity contribution is 5.96. The zero-order valence-electron chi connectivity index (χ0n) is 19.1. The van der Waals surface area contributed by atoms with Crippen LogP contribution in [-0.4, -0.2) is 55.5 Å². The maximum absolute atomic E-state index is 13.2. The summed E-state index contributed by atoms with van der Waals surface area (Å²) in [6.07, 6.45) is 1.53. The molecular formula is C25H32N2O4. The molecule has 1 heterocycles. The fourth-order valence-corrected chi connectivity index (χ4v) is 4.14. The van der Waals surface area contributed by atoms with Crippen molar-refractivity contribution in [2.45, 2.75) is 39.7 Å². The highest BCUT2D eigenvalue weighted by atomic mass is 16.5. The molecule has 0 radical (unpaired) electrons. The van der Waals surface area contributed by atoms with Gasteiger partial charge in [0.05, 0.1) is 20.3 Å². The van der Waals surface area contributed by atoms with E-state index in [1.165, 1.54) is 0 Å². The average Bonchev–Trinajstić information content (AvgIpc) is 2.78. The first kappa shape index (κ1) is 22.7. The number of hydrogen-bond acceptors (Lipinski definition) is 4. The summed E-state index contributed by atoms with van der Waals surface area (Å²) in [7, 11) is 3.24. The third-order valence-electron chi connectivity index (χ3n) is 5.91. The minimum absolute atomic E-state index is 0.0400. The van der Waals surface area contributed by atoms with E-state index in [-0.39, 0.29) is 24.4 Å². The van der Waals surface area contributed by atoms with Gasteiger partial charge in [0.15, 0.2) is 11.5 Å². The molecular weight excluding hydrogens is 392 g/mol. The number of methoxy groups -OCH3 is 2. The van der Waals surface area contributed by atoms with Crippen LogP contribution in [0.25, 0.3) is 0 Å². The number of carbonyl (C=O) groups is 2. The summed E-state index contributed by atoms with van der Waals surface area (Å²) in [6, 6.07) is 11.3. The first-order valence-electron chi connectivity index (χ1n) is 10.8. The van der Waals surface area contributed by atoms with Crippen LogP contribution >= 0.6 is 0 Å². The Bertz CT molecular complexity index is 939. The van der Waals surface area contributed by atoms with Gasteiger partial charge in [0.25, 0.3) is 5.91 Å². The van der Waals surface area contributed by atoms with Crippen LogP contribution in [0.1, 0.15) is 53.4 Å². The second-order valence-corrected chi connectivity index (χ2v) is 8.01. The van der Waals surface area contributed by atoms with Crippen LogP contribution in [0.3, 0.4) is 0 Å². The molecule has 1 unspecified atom stereocenters. The smallest absolute Gasteiger partial charge is 0.254 e. The van der Waals surface area contributed by atoms with E-state index < -0.39 is 0 Å². The van der Waals surface area contributed by atoms with Crippen molar-refractivity contribution < 1.29 is 19.1 Å². The first-order chi connectivity index (χ1) is 14.9. The third-order valence-corrected chi connectivity index (χ3v) is 5.91. The molecule has 0 spiro atoms. The summed E-state index contributed by atoms with van der Waals surface area (Å²) in [5.74, 6) is 1.21. The van der Waals surface area contributed by atoms with Gasteiger partial charge in [-0.1, -0.05) is 24.6 Å². The third kappa shape index (κ3) is 4.84. The molecule has 0 N–H and O–H groups in total. The van der Waals surface area contributed by atoms with Crippen molar-refractivity contribution >= 4 is 11.8 Å². The van der Waals surface area contributed by atoms with Gasteiger partial charge < -0.3 is 19.3 Å². The van der Waals surface area contributed by atoms with Crippen LogP contribution in [0, 0.1) is 6.92 Å². The van der Waals surface area contributed by atoms with Crippen LogP contribution in [0.4, 0.5) is 0 Å². The number of aryl methyl sites for hydroxylation is 1. The molecule has 166 valence electrons. The zero-order valence-corrected chi connectivity index (χ0v) is 19.1. The molecule has 0 saturated carbocycles. The van der Waals surface area contributed by atoms with E-state index in [9.17, 15) is 9.59 Å². The van der Waals surface area contributed by atoms with Gasteiger partial charge in [-0.2, -0.15) is 0 Å². The molecule has 1 aliphatic rings. The number of amides is 2. The Labute approximate surface area is 184 Å². The van der Waals surface area contributed by atoms with Crippen LogP contribution in [0.15, 0.2) is 36.4 Å². The van der Waals surface area contributed by atoms with Crippen LogP contribution in [-0.2, 0) is 11.2 Å². The molecule has 0 aliphatic carbocycles. The summed E-state index contributed by atoms with van der Waals surface area (Å²) in [6.45, 7) is 7.26. The van der Waals surface area contributed by atoms with Crippen molar-refractivity contribution in [2.75, 3.05) is 33.9 Å². The number of carbonyl (C=O) groups excluding carboxylic acids is 2. The highest BCUT2D eigenvalue weighted by Crippen LogP contribution is 2.37. The fraction of sp³-hybridized carbons (Fsp3) is 0.440. The van der Waals surface area contributed by atoms with E-state index in [0.717, 1.165) is 29.5 Å². The molecule has 2 amide bonds. The normalized spacial score (nSPS) is 15.3. The van der Waals surface area contributed by atoms with Crippen molar-refractivity contribution in [3.63, 3.8) is 0 Å². The molecule has 0 saturated heterocycles. The van der Waals surface area contributed by atoms with Gasteiger partial charge in [-0.05, 0) is 62.1 Å². The number of benzene rings is 2. The minimum Gasteiger partial charge on any atom is -0.493 e. The molecule has 6 heteroatoms. The number of nitrogens with zero attached hydrogens (tertiary/aromatic N) is 2. The number of rotatable bonds is 7. The summed E-state index contributed by atoms with van der Waals surface area (Å²) in [5, 5.41) is 0. The van der Waals surface area contributed by atoms with Crippen molar-refractivity contribution in [3.05, 3.63) is 58.7 Å². The Morgan fingerprint density at radius 2 is 1.74 bits per heavy atom. The second-order valence-electron chi connectivity index (χ2n) is 8.01. The van der Waals surface area contributed by atoms with E-state index in [1.807, 2.05) is 62.1 Å². The van der Waals surface area contributed by atoms with Gasteiger partial charge in [0.1, 0.15) is 6.54 Å². The van der Waals surface area contributed by atoms with Crippen LogP contribution in [0.2, 0.25) is 0 Å². The second kappa shape index (κ2) is 9.86. The Hall–Kier alpha value is -3.02. The molecule has 2 aromatic carbocycles. The van der Waals surface area contributed by atoms with Crippen molar-refractivity contribution in [3.8, 4) is 11.5 Å². The van der Waals surface area contributed by atoms with Gasteiger partial charge in [0.2, 0.25) is 5.91 Å². The lowest BCUT2D eigenvalue weighted by molar-refractivity contribution is -0.134. The van der Waals surface area contributed by atoms with Gasteiger partial charge in [-0.15, -0.1) is 0 Å². The predicted octanol–water partition coefficient (Wildman–Crippen LogP) is 4.01. The highest BCUT2D eigenvalue weighted by Gasteiger charge is 2.30. The number of fused-ring (bicyclic) bond motifs is 1. The standard InChI is InChI=1S/C25H32N2O4/c1-6-12-26(25(29)19-9-7-17(2)8-10-19)16-24(28)27-13-11-20-14-22(30-4)23(31-5)15-21(20)18(27)3/h7-10,14-15,18H,6,11-13,16H2,1-5H3. The van der Waals surface area contributed by atoms with Crippen LogP contribution in [0.5, 0.6) is 11.5 Å². The van der Waals surface area contributed by atoms with E-state index in [0.29, 0.717) is 30.2 Å². The molecule has 2 aromatic rings. The Kier molecular flexibility index (Phi) is 7.21. The van der Waals surface area contributed by atoms with E-state index >= 15 is 0 Å². The maximum Gasteiger partial charge on any atom is 0.254 e. The fourth-order valence-electron chi connectivity index (χ4n) is 4.14. The lowest BCUT2D eigenvalue weighted by Gasteiger charge is -2.37. The van der Waals surface area contributed by atoms with E-state index in [2.05, 4.69) is 0 Å². The monoisotopic (exact) mass is 424 g/mol. The lowest BCUT2D eigenvalue weighted by Crippen LogP contribution is -2.46. The number of hydrogen-bond donors (Lipinski definition) is 0. The van der Waals surface area contributed by atoms with E-state index in [1.54, 1.807) is 19.1 Å². The molecule has 0 bridgehead atoms. The summed E-state index contributed by atoms with van der Waals surface area (Å²) < 4.78 is 10.9. The predicted molar refractivity (Wildman–Crippen MR) is 121 cm³/mol. The van der Waals surface area contributed by atoms with Crippen molar-refractivity contribution in [2.24, 2.45) is 0 Å². The van der Waals surface area contributed by atoms with Gasteiger partial charge in [-0.25, -0.2) is 0 Å². The molecule has 0 aromatic heterocycles. The topological polar surface area (TPSA) is 59.1 Å². The number of ether oxygens (including phenoxy) is 2. The van der Waals surface area contributed by atoms with Gasteiger partial charge >= 0.3 is 0 Å². The first-order valence-corrected chi connectivity index (χ1v) is 10.8. The molecule has 3 rings (SSSR count). The van der Waals surface area contributed by atoms with Gasteiger partial charge in [0, 0.05) is 18.7 Å². The lowest BCUT2D eigenvalue weighted by atomic mass is 9.92. The maximum atomic E-state index is 13.2. The van der Waals surface area contributed by atoms with Crippen molar-refractivity contribution in [1.82, 2.24) is 9.80 Å². The Balaban J connectivity index is 1.78. The Morgan fingerprint density at radius 1 is 1.10 bits per heavy atom.